The fraction of sp³-hybridized carbons (Fsp3) is 0.571. The minimum atomic E-state index is 0. The fourth-order valence-corrected chi connectivity index (χ4v) is 3.07. The van der Waals surface area contributed by atoms with Crippen molar-refractivity contribution in [2.75, 3.05) is 26.2 Å². The molecule has 0 bridgehead atoms. The molecule has 3 rings (SSSR count). The lowest BCUT2D eigenvalue weighted by molar-refractivity contribution is 0.173. The third-order valence-corrected chi connectivity index (χ3v) is 3.94. The van der Waals surface area contributed by atoms with Crippen LogP contribution in [0.1, 0.15) is 29.2 Å². The Hall–Kier alpha value is -0.900. The van der Waals surface area contributed by atoms with E-state index in [4.69, 9.17) is 0 Å². The lowest BCUT2D eigenvalue weighted by atomic mass is 10.0. The first-order chi connectivity index (χ1) is 7.84. The summed E-state index contributed by atoms with van der Waals surface area (Å²) in [7, 11) is 0. The maximum absolute atomic E-state index is 3.43. The molecule has 17 heavy (non-hydrogen) atoms. The summed E-state index contributed by atoms with van der Waals surface area (Å²) in [6.07, 6.45) is 2.59. The second kappa shape index (κ2) is 5.17. The van der Waals surface area contributed by atoms with Gasteiger partial charge in [0.25, 0.3) is 0 Å². The largest absolute Gasteiger partial charge is 0.412 e. The lowest BCUT2D eigenvalue weighted by Crippen LogP contribution is -2.44. The third kappa shape index (κ3) is 2.37. The van der Waals surface area contributed by atoms with E-state index in [1.54, 1.807) is 11.1 Å². The molecule has 1 heterocycles. The summed E-state index contributed by atoms with van der Waals surface area (Å²) < 4.78 is 0. The molecular weight excluding hydrogens is 212 g/mol. The molecule has 0 spiro atoms. The summed E-state index contributed by atoms with van der Waals surface area (Å²) in [5, 5.41) is 3.43. The van der Waals surface area contributed by atoms with E-state index in [2.05, 4.69) is 35.3 Å². The number of piperazine rings is 1. The summed E-state index contributed by atoms with van der Waals surface area (Å²) in [5.74, 6) is 0. The van der Waals surface area contributed by atoms with Crippen LogP contribution in [-0.2, 0) is 6.42 Å². The summed E-state index contributed by atoms with van der Waals surface area (Å²) in [5.41, 5.74) is 4.58. The van der Waals surface area contributed by atoms with Gasteiger partial charge in [0, 0.05) is 32.2 Å². The first-order valence-corrected chi connectivity index (χ1v) is 6.39. The molecule has 1 saturated heterocycles. The number of benzene rings is 1. The number of fused-ring (bicyclic) bond motifs is 1. The highest BCUT2D eigenvalue weighted by atomic mass is 16.0. The van der Waals surface area contributed by atoms with Crippen molar-refractivity contribution >= 4 is 0 Å². The minimum Gasteiger partial charge on any atom is -0.412 e. The summed E-state index contributed by atoms with van der Waals surface area (Å²) in [6, 6.07) is 7.66. The molecule has 1 fully saturated rings. The average molecular weight is 234 g/mol. The first kappa shape index (κ1) is 12.6. The van der Waals surface area contributed by atoms with Crippen molar-refractivity contribution in [2.24, 2.45) is 0 Å². The molecule has 1 aliphatic heterocycles. The molecule has 1 aromatic rings. The van der Waals surface area contributed by atoms with Gasteiger partial charge < -0.3 is 10.8 Å². The van der Waals surface area contributed by atoms with E-state index in [1.165, 1.54) is 31.5 Å². The van der Waals surface area contributed by atoms with Crippen molar-refractivity contribution in [1.82, 2.24) is 10.2 Å². The molecule has 3 N–H and O–H groups in total. The second-order valence-corrected chi connectivity index (χ2v) is 5.04. The second-order valence-electron chi connectivity index (χ2n) is 5.04. The van der Waals surface area contributed by atoms with Gasteiger partial charge in [0.15, 0.2) is 0 Å². The molecule has 94 valence electrons. The Kier molecular flexibility index (Phi) is 3.82. The van der Waals surface area contributed by atoms with Gasteiger partial charge in [-0.05, 0) is 30.9 Å². The maximum Gasteiger partial charge on any atom is 0.0355 e. The van der Waals surface area contributed by atoms with Gasteiger partial charge in [0.05, 0.1) is 0 Å². The molecule has 3 nitrogen and oxygen atoms in total. The number of aryl methyl sites for hydroxylation is 2. The van der Waals surface area contributed by atoms with Gasteiger partial charge in [-0.3, -0.25) is 4.90 Å². The smallest absolute Gasteiger partial charge is 0.0355 e. The molecule has 0 amide bonds. The van der Waals surface area contributed by atoms with E-state index in [1.807, 2.05) is 0 Å². The van der Waals surface area contributed by atoms with Gasteiger partial charge in [0.2, 0.25) is 0 Å². The van der Waals surface area contributed by atoms with Crippen LogP contribution in [0.2, 0.25) is 0 Å². The zero-order chi connectivity index (χ0) is 11.0. The fourth-order valence-electron chi connectivity index (χ4n) is 3.07. The topological polar surface area (TPSA) is 46.8 Å². The molecule has 0 radical (unpaired) electrons. The van der Waals surface area contributed by atoms with E-state index < -0.39 is 0 Å². The SMILES string of the molecule is Cc1ccc2c(c1)C(N1CCNCC1)CC2.O. The van der Waals surface area contributed by atoms with Crippen LogP contribution in [0.25, 0.3) is 0 Å². The van der Waals surface area contributed by atoms with Gasteiger partial charge in [-0.1, -0.05) is 23.8 Å². The zero-order valence-electron chi connectivity index (χ0n) is 10.5. The highest BCUT2D eigenvalue weighted by Gasteiger charge is 2.28. The molecule has 2 aliphatic rings. The van der Waals surface area contributed by atoms with E-state index in [0.717, 1.165) is 13.1 Å². The molecule has 1 aliphatic carbocycles. The van der Waals surface area contributed by atoms with Crippen LogP contribution in [0.3, 0.4) is 0 Å². The Morgan fingerprint density at radius 1 is 1.24 bits per heavy atom. The highest BCUT2D eigenvalue weighted by Crippen LogP contribution is 2.36. The quantitative estimate of drug-likeness (QED) is 0.790. The number of hydrogen-bond donors (Lipinski definition) is 1. The van der Waals surface area contributed by atoms with Gasteiger partial charge in [-0.25, -0.2) is 0 Å². The van der Waals surface area contributed by atoms with Crippen molar-refractivity contribution in [3.8, 4) is 0 Å². The Balaban J connectivity index is 0.00000108. The van der Waals surface area contributed by atoms with E-state index in [0.29, 0.717) is 6.04 Å². The molecule has 3 heteroatoms. The first-order valence-electron chi connectivity index (χ1n) is 6.39. The van der Waals surface area contributed by atoms with Crippen molar-refractivity contribution in [3.05, 3.63) is 34.9 Å². The Bertz CT molecular complexity index is 386. The maximum atomic E-state index is 3.43. The normalized spacial score (nSPS) is 24.2. The van der Waals surface area contributed by atoms with Crippen molar-refractivity contribution < 1.29 is 5.48 Å². The molecule has 0 aromatic heterocycles. The summed E-state index contributed by atoms with van der Waals surface area (Å²) in [6.45, 7) is 6.92. The van der Waals surface area contributed by atoms with Crippen LogP contribution in [0.5, 0.6) is 0 Å². The number of hydrogen-bond acceptors (Lipinski definition) is 2. The van der Waals surface area contributed by atoms with Crippen LogP contribution in [-0.4, -0.2) is 36.6 Å². The average Bonchev–Trinajstić information content (AvgIpc) is 2.73. The third-order valence-electron chi connectivity index (χ3n) is 3.94. The molecule has 0 saturated carbocycles. The predicted molar refractivity (Wildman–Crippen MR) is 70.3 cm³/mol. The Morgan fingerprint density at radius 2 is 2.00 bits per heavy atom. The van der Waals surface area contributed by atoms with Gasteiger partial charge in [-0.2, -0.15) is 0 Å². The number of rotatable bonds is 1. The molecule has 1 atom stereocenters. The highest BCUT2D eigenvalue weighted by molar-refractivity contribution is 5.37. The van der Waals surface area contributed by atoms with Crippen molar-refractivity contribution in [2.45, 2.75) is 25.8 Å². The van der Waals surface area contributed by atoms with Crippen LogP contribution < -0.4 is 5.32 Å². The monoisotopic (exact) mass is 234 g/mol. The summed E-state index contributed by atoms with van der Waals surface area (Å²) >= 11 is 0. The van der Waals surface area contributed by atoms with E-state index in [9.17, 15) is 0 Å². The van der Waals surface area contributed by atoms with Crippen molar-refractivity contribution in [3.63, 3.8) is 0 Å². The molecule has 1 aromatic carbocycles. The van der Waals surface area contributed by atoms with E-state index in [-0.39, 0.29) is 5.48 Å². The molecular formula is C14H22N2O. The van der Waals surface area contributed by atoms with Gasteiger partial charge in [0.1, 0.15) is 0 Å². The Labute approximate surface area is 103 Å². The molecule has 1 unspecified atom stereocenters. The number of nitrogens with one attached hydrogen (secondary N) is 1. The van der Waals surface area contributed by atoms with Crippen LogP contribution in [0.4, 0.5) is 0 Å². The predicted octanol–water partition coefficient (Wildman–Crippen LogP) is 1.06. The number of nitrogens with zero attached hydrogens (tertiary/aromatic N) is 1. The zero-order valence-corrected chi connectivity index (χ0v) is 10.5. The lowest BCUT2D eigenvalue weighted by Gasteiger charge is -2.33. The summed E-state index contributed by atoms with van der Waals surface area (Å²) in [4.78, 5) is 2.65. The van der Waals surface area contributed by atoms with Gasteiger partial charge in [-0.15, -0.1) is 0 Å². The van der Waals surface area contributed by atoms with Crippen LogP contribution >= 0.6 is 0 Å². The Morgan fingerprint density at radius 3 is 2.76 bits per heavy atom. The van der Waals surface area contributed by atoms with Crippen molar-refractivity contribution in [1.29, 1.82) is 0 Å². The standard InChI is InChI=1S/C14H20N2.H2O/c1-11-2-3-12-4-5-14(13(12)10-11)16-8-6-15-7-9-16;/h2-3,10,14-15H,4-9H2,1H3;1H2. The minimum absolute atomic E-state index is 0. The van der Waals surface area contributed by atoms with E-state index >= 15 is 0 Å². The van der Waals surface area contributed by atoms with Crippen LogP contribution in [0.15, 0.2) is 18.2 Å². The van der Waals surface area contributed by atoms with Crippen LogP contribution in [0, 0.1) is 6.92 Å². The van der Waals surface area contributed by atoms with Gasteiger partial charge >= 0.3 is 0 Å².